The summed E-state index contributed by atoms with van der Waals surface area (Å²) in [5, 5.41) is 6.07. The summed E-state index contributed by atoms with van der Waals surface area (Å²) >= 11 is 0. The minimum atomic E-state index is -0.610. The maximum Gasteiger partial charge on any atom is 0.251 e. The highest BCUT2D eigenvalue weighted by Gasteiger charge is 2.41. The van der Waals surface area contributed by atoms with Crippen LogP contribution in [0, 0.1) is 0 Å². The first-order valence-corrected chi connectivity index (χ1v) is 11.0. The van der Waals surface area contributed by atoms with E-state index < -0.39 is 5.41 Å². The molecule has 1 aliphatic rings. The molecule has 0 spiro atoms. The predicted molar refractivity (Wildman–Crippen MR) is 126 cm³/mol. The quantitative estimate of drug-likeness (QED) is 0.589. The molecule has 4 rings (SSSR count). The molecule has 3 aromatic rings. The number of rotatable bonds is 6. The van der Waals surface area contributed by atoms with Gasteiger partial charge in [-0.2, -0.15) is 0 Å². The molecule has 1 atom stereocenters. The molecule has 0 bridgehead atoms. The van der Waals surface area contributed by atoms with Crippen LogP contribution in [-0.4, -0.2) is 25.0 Å². The lowest BCUT2D eigenvalue weighted by atomic mass is 9.73. The molecule has 0 aliphatic carbocycles. The maximum atomic E-state index is 13.4. The standard InChI is InChI=1S/C27H28N2O3/c1-20(21-8-4-2-5-9-21)28-25(30)22-12-14-24(15-13-22)29-26(31)27(16-18-32-19-17-27)23-10-6-3-7-11-23/h2-15,20H,16-19H2,1H3,(H,28,30)(H,29,31)/t20-/m0/s1. The molecule has 1 fully saturated rings. The summed E-state index contributed by atoms with van der Waals surface area (Å²) in [6.07, 6.45) is 1.28. The molecular formula is C27H28N2O3. The van der Waals surface area contributed by atoms with Crippen molar-refractivity contribution in [2.75, 3.05) is 18.5 Å². The molecule has 32 heavy (non-hydrogen) atoms. The van der Waals surface area contributed by atoms with E-state index in [0.717, 1.165) is 11.1 Å². The lowest BCUT2D eigenvalue weighted by Crippen LogP contribution is -2.44. The van der Waals surface area contributed by atoms with Crippen LogP contribution in [0.5, 0.6) is 0 Å². The minimum Gasteiger partial charge on any atom is -0.381 e. The zero-order valence-corrected chi connectivity index (χ0v) is 18.2. The van der Waals surface area contributed by atoms with Crippen LogP contribution in [0.25, 0.3) is 0 Å². The number of hydrogen-bond donors (Lipinski definition) is 2. The molecule has 0 unspecified atom stereocenters. The molecule has 2 amide bonds. The number of amides is 2. The summed E-state index contributed by atoms with van der Waals surface area (Å²) in [6, 6.07) is 26.7. The van der Waals surface area contributed by atoms with Crippen LogP contribution in [0.2, 0.25) is 0 Å². The molecule has 0 aromatic heterocycles. The van der Waals surface area contributed by atoms with E-state index in [2.05, 4.69) is 10.6 Å². The van der Waals surface area contributed by atoms with Crippen molar-refractivity contribution in [1.29, 1.82) is 0 Å². The average molecular weight is 429 g/mol. The first-order valence-electron chi connectivity index (χ1n) is 11.0. The van der Waals surface area contributed by atoms with E-state index in [1.165, 1.54) is 0 Å². The fraction of sp³-hybridized carbons (Fsp3) is 0.259. The molecule has 1 heterocycles. The Balaban J connectivity index is 1.44. The van der Waals surface area contributed by atoms with Gasteiger partial charge in [-0.1, -0.05) is 60.7 Å². The van der Waals surface area contributed by atoms with Crippen LogP contribution in [0.4, 0.5) is 5.69 Å². The molecule has 0 saturated carbocycles. The van der Waals surface area contributed by atoms with Crippen LogP contribution in [0.3, 0.4) is 0 Å². The first kappa shape index (κ1) is 21.8. The Morgan fingerprint density at radius 3 is 2.06 bits per heavy atom. The third kappa shape index (κ3) is 4.73. The van der Waals surface area contributed by atoms with Gasteiger partial charge in [0.05, 0.1) is 11.5 Å². The second-order valence-electron chi connectivity index (χ2n) is 8.20. The Morgan fingerprint density at radius 2 is 1.44 bits per heavy atom. The number of ether oxygens (including phenoxy) is 1. The number of anilines is 1. The van der Waals surface area contributed by atoms with Crippen LogP contribution >= 0.6 is 0 Å². The van der Waals surface area contributed by atoms with Crippen LogP contribution in [-0.2, 0) is 14.9 Å². The van der Waals surface area contributed by atoms with Crippen LogP contribution < -0.4 is 10.6 Å². The van der Waals surface area contributed by atoms with Gasteiger partial charge in [0, 0.05) is 24.5 Å². The summed E-state index contributed by atoms with van der Waals surface area (Å²) in [6.45, 7) is 3.07. The SMILES string of the molecule is C[C@H](NC(=O)c1ccc(NC(=O)C2(c3ccccc3)CCOCC2)cc1)c1ccccc1. The monoisotopic (exact) mass is 428 g/mol. The molecule has 3 aromatic carbocycles. The smallest absolute Gasteiger partial charge is 0.251 e. The van der Waals surface area contributed by atoms with E-state index in [1.807, 2.05) is 67.6 Å². The van der Waals surface area contributed by atoms with Crippen molar-refractivity contribution >= 4 is 17.5 Å². The highest BCUT2D eigenvalue weighted by molar-refractivity contribution is 6.00. The zero-order chi connectivity index (χ0) is 22.4. The Labute approximate surface area is 188 Å². The average Bonchev–Trinajstić information content (AvgIpc) is 2.86. The topological polar surface area (TPSA) is 67.4 Å². The highest BCUT2D eigenvalue weighted by atomic mass is 16.5. The van der Waals surface area contributed by atoms with Gasteiger partial charge in [0.1, 0.15) is 0 Å². The van der Waals surface area contributed by atoms with E-state index in [0.29, 0.717) is 37.3 Å². The second-order valence-corrected chi connectivity index (χ2v) is 8.20. The Morgan fingerprint density at radius 1 is 0.844 bits per heavy atom. The molecule has 0 radical (unpaired) electrons. The Bertz CT molecular complexity index is 1040. The molecule has 164 valence electrons. The van der Waals surface area contributed by atoms with Gasteiger partial charge in [-0.3, -0.25) is 9.59 Å². The fourth-order valence-electron chi connectivity index (χ4n) is 4.18. The number of carbonyl (C=O) groups is 2. The van der Waals surface area contributed by atoms with Gasteiger partial charge in [0.2, 0.25) is 5.91 Å². The lowest BCUT2D eigenvalue weighted by molar-refractivity contribution is -0.125. The van der Waals surface area contributed by atoms with Crippen molar-refractivity contribution in [1.82, 2.24) is 5.32 Å². The zero-order valence-electron chi connectivity index (χ0n) is 18.2. The summed E-state index contributed by atoms with van der Waals surface area (Å²) in [4.78, 5) is 26.0. The molecule has 1 aliphatic heterocycles. The van der Waals surface area contributed by atoms with Crippen molar-refractivity contribution in [2.45, 2.75) is 31.2 Å². The normalized spacial score (nSPS) is 16.0. The van der Waals surface area contributed by atoms with E-state index in [-0.39, 0.29) is 17.9 Å². The van der Waals surface area contributed by atoms with Gasteiger partial charge in [0.15, 0.2) is 0 Å². The van der Waals surface area contributed by atoms with E-state index in [1.54, 1.807) is 24.3 Å². The lowest BCUT2D eigenvalue weighted by Gasteiger charge is -2.36. The minimum absolute atomic E-state index is 0.0399. The number of carbonyl (C=O) groups excluding carboxylic acids is 2. The fourth-order valence-corrected chi connectivity index (χ4v) is 4.18. The first-order chi connectivity index (χ1) is 15.6. The summed E-state index contributed by atoms with van der Waals surface area (Å²) in [7, 11) is 0. The molecule has 5 heteroatoms. The molecule has 1 saturated heterocycles. The predicted octanol–water partition coefficient (Wildman–Crippen LogP) is 4.86. The van der Waals surface area contributed by atoms with Crippen molar-refractivity contribution in [3.8, 4) is 0 Å². The number of hydrogen-bond acceptors (Lipinski definition) is 3. The van der Waals surface area contributed by atoms with Gasteiger partial charge < -0.3 is 15.4 Å². The second kappa shape index (κ2) is 9.79. The Hall–Kier alpha value is -3.44. The van der Waals surface area contributed by atoms with Crippen molar-refractivity contribution in [3.05, 3.63) is 102 Å². The van der Waals surface area contributed by atoms with Gasteiger partial charge >= 0.3 is 0 Å². The van der Waals surface area contributed by atoms with Crippen molar-refractivity contribution in [2.24, 2.45) is 0 Å². The highest BCUT2D eigenvalue weighted by Crippen LogP contribution is 2.36. The summed E-state index contributed by atoms with van der Waals surface area (Å²) in [5.74, 6) is -0.189. The summed E-state index contributed by atoms with van der Waals surface area (Å²) < 4.78 is 5.53. The molecule has 2 N–H and O–H groups in total. The third-order valence-corrected chi connectivity index (χ3v) is 6.16. The largest absolute Gasteiger partial charge is 0.381 e. The molecule has 5 nitrogen and oxygen atoms in total. The van der Waals surface area contributed by atoms with Crippen LogP contribution in [0.1, 0.15) is 47.3 Å². The van der Waals surface area contributed by atoms with Crippen molar-refractivity contribution in [3.63, 3.8) is 0 Å². The van der Waals surface area contributed by atoms with Crippen molar-refractivity contribution < 1.29 is 14.3 Å². The summed E-state index contributed by atoms with van der Waals surface area (Å²) in [5.41, 5.74) is 2.67. The van der Waals surface area contributed by atoms with Gasteiger partial charge in [-0.05, 0) is 55.2 Å². The van der Waals surface area contributed by atoms with Gasteiger partial charge in [-0.15, -0.1) is 0 Å². The maximum absolute atomic E-state index is 13.4. The van der Waals surface area contributed by atoms with E-state index in [9.17, 15) is 9.59 Å². The Kier molecular flexibility index (Phi) is 6.66. The number of nitrogens with one attached hydrogen (secondary N) is 2. The van der Waals surface area contributed by atoms with E-state index >= 15 is 0 Å². The van der Waals surface area contributed by atoms with Gasteiger partial charge in [0.25, 0.3) is 5.91 Å². The molecular weight excluding hydrogens is 400 g/mol. The number of benzene rings is 3. The van der Waals surface area contributed by atoms with E-state index in [4.69, 9.17) is 4.74 Å². The van der Waals surface area contributed by atoms with Crippen LogP contribution in [0.15, 0.2) is 84.9 Å². The van der Waals surface area contributed by atoms with Gasteiger partial charge in [-0.25, -0.2) is 0 Å². The third-order valence-electron chi connectivity index (χ3n) is 6.16.